The van der Waals surface area contributed by atoms with Gasteiger partial charge in [-0.15, -0.1) is 0 Å². The molecule has 2 aromatic heterocycles. The van der Waals surface area contributed by atoms with Gasteiger partial charge in [0.15, 0.2) is 17.5 Å². The number of aromatic nitrogens is 2. The molecule has 9 nitrogen and oxygen atoms in total. The summed E-state index contributed by atoms with van der Waals surface area (Å²) in [5, 5.41) is 13.1. The average molecular weight is 482 g/mol. The summed E-state index contributed by atoms with van der Waals surface area (Å²) in [5.74, 6) is -1.70. The van der Waals surface area contributed by atoms with Gasteiger partial charge in [0, 0.05) is 36.5 Å². The zero-order chi connectivity index (χ0) is 24.2. The molecule has 11 heteroatoms. The molecule has 182 valence electrons. The molecule has 0 aliphatic carbocycles. The molecule has 0 unspecified atom stereocenters. The third kappa shape index (κ3) is 5.08. The van der Waals surface area contributed by atoms with Crippen LogP contribution in [0.5, 0.6) is 0 Å². The van der Waals surface area contributed by atoms with Crippen molar-refractivity contribution in [2.24, 2.45) is 5.10 Å². The zero-order valence-electron chi connectivity index (χ0n) is 18.9. The molecule has 3 aromatic rings. The maximum Gasteiger partial charge on any atom is 0.414 e. The van der Waals surface area contributed by atoms with E-state index in [1.807, 2.05) is 5.01 Å². The van der Waals surface area contributed by atoms with Crippen LogP contribution in [0.15, 0.2) is 52.4 Å². The van der Waals surface area contributed by atoms with Gasteiger partial charge in [0.25, 0.3) is 0 Å². The monoisotopic (exact) mass is 482 g/mol. The van der Waals surface area contributed by atoms with Gasteiger partial charge in [0.2, 0.25) is 0 Å². The van der Waals surface area contributed by atoms with Crippen LogP contribution in [0.25, 0.3) is 11.1 Å². The summed E-state index contributed by atoms with van der Waals surface area (Å²) in [5.41, 5.74) is 0.914. The molecule has 2 aliphatic heterocycles. The Morgan fingerprint density at radius 1 is 1.11 bits per heavy atom. The highest BCUT2D eigenvalue weighted by atomic mass is 19.2. The number of hydrazone groups is 1. The van der Waals surface area contributed by atoms with Crippen LogP contribution in [-0.4, -0.2) is 59.7 Å². The van der Waals surface area contributed by atoms with Crippen molar-refractivity contribution in [2.75, 3.05) is 36.4 Å². The zero-order valence-corrected chi connectivity index (χ0v) is 18.9. The van der Waals surface area contributed by atoms with Crippen LogP contribution in [0.3, 0.4) is 0 Å². The summed E-state index contributed by atoms with van der Waals surface area (Å²) in [4.78, 5) is 17.7. The van der Waals surface area contributed by atoms with E-state index >= 15 is 8.78 Å². The predicted molar refractivity (Wildman–Crippen MR) is 125 cm³/mol. The number of halogens is 2. The molecule has 1 aromatic carbocycles. The molecule has 1 atom stereocenters. The molecule has 1 amide bonds. The highest BCUT2D eigenvalue weighted by Crippen LogP contribution is 2.32. The standard InChI is InChI=1S/C24H24F2N6O3/c25-22-19(16-4-5-17(27-12-16)13-29-31-9-2-1-3-10-31)6-7-20(23(22)26)32-15-18(35-24(32)33)14-28-21-8-11-34-30-21/h4-8,11-13,18H,1-3,9-10,14-15H2,(H,28,30)/b29-13+/t18-/m0/s1. The van der Waals surface area contributed by atoms with E-state index in [9.17, 15) is 4.79 Å². The van der Waals surface area contributed by atoms with Gasteiger partial charge in [0.1, 0.15) is 12.4 Å². The van der Waals surface area contributed by atoms with Crippen LogP contribution >= 0.6 is 0 Å². The number of piperidine rings is 1. The lowest BCUT2D eigenvalue weighted by molar-refractivity contribution is 0.147. The van der Waals surface area contributed by atoms with Crippen LogP contribution < -0.4 is 10.2 Å². The average Bonchev–Trinajstić information content (AvgIpc) is 3.54. The maximum atomic E-state index is 15.0. The number of cyclic esters (lactones) is 1. The van der Waals surface area contributed by atoms with E-state index < -0.39 is 23.8 Å². The fraction of sp³-hybridized carbons (Fsp3) is 0.333. The molecular weight excluding hydrogens is 458 g/mol. The van der Waals surface area contributed by atoms with Gasteiger partial charge in [-0.05, 0) is 37.5 Å². The second-order valence-corrected chi connectivity index (χ2v) is 8.37. The van der Waals surface area contributed by atoms with E-state index in [1.165, 1.54) is 31.0 Å². The lowest BCUT2D eigenvalue weighted by Gasteiger charge is -2.23. The van der Waals surface area contributed by atoms with E-state index in [2.05, 4.69) is 20.6 Å². The van der Waals surface area contributed by atoms with Crippen molar-refractivity contribution in [3.63, 3.8) is 0 Å². The van der Waals surface area contributed by atoms with Gasteiger partial charge >= 0.3 is 6.09 Å². The van der Waals surface area contributed by atoms with E-state index in [-0.39, 0.29) is 24.3 Å². The SMILES string of the molecule is O=C1O[C@@H](CNc2ccon2)CN1c1ccc(-c2ccc(/C=N/N3CCCCC3)nc2)c(F)c1F. The van der Waals surface area contributed by atoms with Crippen LogP contribution in [0.1, 0.15) is 25.0 Å². The Labute approximate surface area is 200 Å². The van der Waals surface area contributed by atoms with E-state index in [4.69, 9.17) is 9.26 Å². The van der Waals surface area contributed by atoms with E-state index in [0.717, 1.165) is 30.8 Å². The molecule has 0 saturated carbocycles. The Balaban J connectivity index is 1.27. The Bertz CT molecular complexity index is 1200. The fourth-order valence-corrected chi connectivity index (χ4v) is 4.09. The topological polar surface area (TPSA) is 96.1 Å². The Morgan fingerprint density at radius 2 is 1.97 bits per heavy atom. The first kappa shape index (κ1) is 22.8. The number of ether oxygens (including phenoxy) is 1. The number of benzene rings is 1. The molecular formula is C24H24F2N6O3. The number of nitrogens with one attached hydrogen (secondary N) is 1. The van der Waals surface area contributed by atoms with Crippen molar-refractivity contribution < 1.29 is 22.8 Å². The Hall–Kier alpha value is -4.02. The third-order valence-corrected chi connectivity index (χ3v) is 5.96. The minimum absolute atomic E-state index is 0.0510. The van der Waals surface area contributed by atoms with Crippen molar-refractivity contribution in [2.45, 2.75) is 25.4 Å². The highest BCUT2D eigenvalue weighted by Gasteiger charge is 2.35. The summed E-state index contributed by atoms with van der Waals surface area (Å²) in [6, 6.07) is 7.79. The number of carbonyl (C=O) groups excluding carboxylic acids is 1. The molecule has 2 saturated heterocycles. The molecule has 2 aliphatic rings. The number of rotatable bonds is 7. The predicted octanol–water partition coefficient (Wildman–Crippen LogP) is 4.27. The molecule has 2 fully saturated rings. The number of amides is 1. The minimum atomic E-state index is -1.12. The van der Waals surface area contributed by atoms with Gasteiger partial charge < -0.3 is 14.6 Å². The molecule has 1 N–H and O–H groups in total. The van der Waals surface area contributed by atoms with Crippen LogP contribution in [0, 0.1) is 11.6 Å². The first-order valence-electron chi connectivity index (χ1n) is 11.4. The van der Waals surface area contributed by atoms with Gasteiger partial charge in [-0.2, -0.15) is 5.10 Å². The smallest absolute Gasteiger partial charge is 0.414 e. The normalized spacial score (nSPS) is 18.3. The largest absolute Gasteiger partial charge is 0.442 e. The quantitative estimate of drug-likeness (QED) is 0.503. The lowest BCUT2D eigenvalue weighted by atomic mass is 10.1. The van der Waals surface area contributed by atoms with E-state index in [1.54, 1.807) is 24.4 Å². The summed E-state index contributed by atoms with van der Waals surface area (Å²) in [7, 11) is 0. The number of carbonyl (C=O) groups is 1. The van der Waals surface area contributed by atoms with Crippen molar-refractivity contribution >= 4 is 23.8 Å². The summed E-state index contributed by atoms with van der Waals surface area (Å²) in [6.45, 7) is 2.16. The summed E-state index contributed by atoms with van der Waals surface area (Å²) >= 11 is 0. The highest BCUT2D eigenvalue weighted by molar-refractivity contribution is 5.90. The molecule has 0 bridgehead atoms. The Kier molecular flexibility index (Phi) is 6.55. The van der Waals surface area contributed by atoms with Crippen molar-refractivity contribution in [3.8, 4) is 11.1 Å². The number of hydrogen-bond acceptors (Lipinski definition) is 8. The van der Waals surface area contributed by atoms with Crippen molar-refractivity contribution in [3.05, 3.63) is 60.1 Å². The number of anilines is 2. The van der Waals surface area contributed by atoms with Gasteiger partial charge in [0.05, 0.1) is 30.7 Å². The summed E-state index contributed by atoms with van der Waals surface area (Å²) in [6.07, 6.45) is 6.71. The summed E-state index contributed by atoms with van der Waals surface area (Å²) < 4.78 is 40.0. The fourth-order valence-electron chi connectivity index (χ4n) is 4.09. The van der Waals surface area contributed by atoms with Crippen molar-refractivity contribution in [1.82, 2.24) is 15.1 Å². The van der Waals surface area contributed by atoms with Gasteiger partial charge in [-0.25, -0.2) is 13.6 Å². The molecule has 35 heavy (non-hydrogen) atoms. The molecule has 0 radical (unpaired) electrons. The number of nitrogens with zero attached hydrogens (tertiary/aromatic N) is 5. The third-order valence-electron chi connectivity index (χ3n) is 5.96. The number of hydrogen-bond donors (Lipinski definition) is 1. The second kappa shape index (κ2) is 10.1. The van der Waals surface area contributed by atoms with Crippen molar-refractivity contribution in [1.29, 1.82) is 0 Å². The minimum Gasteiger partial charge on any atom is -0.442 e. The lowest BCUT2D eigenvalue weighted by Crippen LogP contribution is -2.28. The maximum absolute atomic E-state index is 15.0. The Morgan fingerprint density at radius 3 is 2.71 bits per heavy atom. The van der Waals surface area contributed by atoms with Crippen LogP contribution in [0.4, 0.5) is 25.1 Å². The second-order valence-electron chi connectivity index (χ2n) is 8.37. The van der Waals surface area contributed by atoms with Crippen LogP contribution in [-0.2, 0) is 4.74 Å². The molecule has 0 spiro atoms. The van der Waals surface area contributed by atoms with Gasteiger partial charge in [-0.1, -0.05) is 11.2 Å². The van der Waals surface area contributed by atoms with Crippen LogP contribution in [0.2, 0.25) is 0 Å². The van der Waals surface area contributed by atoms with Gasteiger partial charge in [-0.3, -0.25) is 14.9 Å². The first-order valence-corrected chi connectivity index (χ1v) is 11.4. The molecule has 5 rings (SSSR count). The molecule has 4 heterocycles. The van der Waals surface area contributed by atoms with E-state index in [0.29, 0.717) is 17.1 Å². The first-order chi connectivity index (χ1) is 17.1. The number of pyridine rings is 1.